The van der Waals surface area contributed by atoms with Gasteiger partial charge in [0.05, 0.1) is 0 Å². The van der Waals surface area contributed by atoms with E-state index in [1.54, 1.807) is 0 Å². The van der Waals surface area contributed by atoms with Crippen LogP contribution in [0.4, 0.5) is 0 Å². The molecule has 0 saturated heterocycles. The highest BCUT2D eigenvalue weighted by Crippen LogP contribution is 2.28. The molecule has 3 nitrogen and oxygen atoms in total. The minimum atomic E-state index is 0.967. The largest absolute Gasteiger partial charge is 0.354 e. The number of aromatic nitrogens is 3. The molecule has 1 aromatic carbocycles. The normalized spacial score (nSPS) is 11.3. The third-order valence-electron chi connectivity index (χ3n) is 3.92. The second-order valence-corrected chi connectivity index (χ2v) is 5.20. The predicted molar refractivity (Wildman–Crippen MR) is 86.2 cm³/mol. The van der Waals surface area contributed by atoms with Gasteiger partial charge >= 0.3 is 0 Å². The lowest BCUT2D eigenvalue weighted by molar-refractivity contribution is 1.04. The zero-order valence-corrected chi connectivity index (χ0v) is 11.8. The monoisotopic (exact) mass is 273 g/mol. The van der Waals surface area contributed by atoms with Gasteiger partial charge in [-0.05, 0) is 30.2 Å². The molecule has 3 heteroatoms. The number of H-pyrrole nitrogens is 1. The van der Waals surface area contributed by atoms with E-state index >= 15 is 0 Å². The molecule has 0 radical (unpaired) electrons. The van der Waals surface area contributed by atoms with Gasteiger partial charge in [0.1, 0.15) is 0 Å². The Kier molecular flexibility index (Phi) is 2.71. The van der Waals surface area contributed by atoms with Crippen LogP contribution in [0.5, 0.6) is 0 Å². The van der Waals surface area contributed by atoms with Crippen molar-refractivity contribution >= 4 is 21.8 Å². The number of nitrogens with one attached hydrogen (secondary N) is 1. The molecule has 3 aromatic heterocycles. The number of hydrogen-bond donors (Lipinski definition) is 1. The van der Waals surface area contributed by atoms with Gasteiger partial charge in [-0.25, -0.2) is 0 Å². The van der Waals surface area contributed by atoms with Crippen molar-refractivity contribution < 1.29 is 0 Å². The zero-order chi connectivity index (χ0) is 14.2. The van der Waals surface area contributed by atoms with Crippen molar-refractivity contribution in [2.75, 3.05) is 0 Å². The van der Waals surface area contributed by atoms with Crippen LogP contribution in [0.3, 0.4) is 0 Å². The van der Waals surface area contributed by atoms with Crippen LogP contribution in [-0.4, -0.2) is 15.0 Å². The lowest BCUT2D eigenvalue weighted by atomic mass is 10.0. The van der Waals surface area contributed by atoms with Crippen LogP contribution in [0, 0.1) is 0 Å². The highest BCUT2D eigenvalue weighted by Gasteiger charge is 2.06. The van der Waals surface area contributed by atoms with E-state index in [4.69, 9.17) is 0 Å². The number of nitrogens with zero attached hydrogens (tertiary/aromatic N) is 2. The molecule has 0 aliphatic rings. The van der Waals surface area contributed by atoms with Crippen LogP contribution in [0.25, 0.3) is 32.9 Å². The minimum Gasteiger partial charge on any atom is -0.354 e. The van der Waals surface area contributed by atoms with E-state index in [-0.39, 0.29) is 0 Å². The molecule has 0 saturated carbocycles. The van der Waals surface area contributed by atoms with Crippen LogP contribution < -0.4 is 0 Å². The number of hydrogen-bond acceptors (Lipinski definition) is 2. The van der Waals surface area contributed by atoms with Gasteiger partial charge in [-0.1, -0.05) is 25.1 Å². The number of rotatable bonds is 2. The van der Waals surface area contributed by atoms with Crippen LogP contribution in [0.2, 0.25) is 0 Å². The molecule has 102 valence electrons. The fourth-order valence-electron chi connectivity index (χ4n) is 2.73. The Morgan fingerprint density at radius 2 is 1.81 bits per heavy atom. The summed E-state index contributed by atoms with van der Waals surface area (Å²) in [5.41, 5.74) is 5.70. The first-order chi connectivity index (χ1) is 10.3. The van der Waals surface area contributed by atoms with Crippen LogP contribution in [0.1, 0.15) is 12.6 Å². The molecule has 0 aliphatic heterocycles. The SMILES string of the molecule is CCc1ccc(-c2ccc3c(c2)[nH]c2ccncc23)cn1. The number of benzene rings is 1. The quantitative estimate of drug-likeness (QED) is 0.590. The molecule has 0 unspecified atom stereocenters. The average molecular weight is 273 g/mol. The summed E-state index contributed by atoms with van der Waals surface area (Å²) >= 11 is 0. The Bertz CT molecular complexity index is 920. The van der Waals surface area contributed by atoms with Gasteiger partial charge in [0.15, 0.2) is 0 Å². The molecular weight excluding hydrogens is 258 g/mol. The van der Waals surface area contributed by atoms with Gasteiger partial charge in [-0.2, -0.15) is 0 Å². The lowest BCUT2D eigenvalue weighted by Crippen LogP contribution is -1.86. The Hall–Kier alpha value is -2.68. The number of aryl methyl sites for hydroxylation is 1. The molecule has 21 heavy (non-hydrogen) atoms. The van der Waals surface area contributed by atoms with Crippen LogP contribution in [-0.2, 0) is 6.42 Å². The van der Waals surface area contributed by atoms with E-state index in [0.717, 1.165) is 28.7 Å². The molecule has 4 rings (SSSR count). The van der Waals surface area contributed by atoms with E-state index in [1.807, 2.05) is 24.7 Å². The fourth-order valence-corrected chi connectivity index (χ4v) is 2.73. The highest BCUT2D eigenvalue weighted by molar-refractivity contribution is 6.07. The van der Waals surface area contributed by atoms with Crippen molar-refractivity contribution in [3.8, 4) is 11.1 Å². The van der Waals surface area contributed by atoms with E-state index in [2.05, 4.69) is 52.2 Å². The Balaban J connectivity index is 1.87. The van der Waals surface area contributed by atoms with Crippen LogP contribution in [0.15, 0.2) is 55.0 Å². The molecular formula is C18H15N3. The second kappa shape index (κ2) is 4.70. The van der Waals surface area contributed by atoms with Crippen LogP contribution >= 0.6 is 0 Å². The number of pyridine rings is 2. The lowest BCUT2D eigenvalue weighted by Gasteiger charge is -2.03. The third-order valence-corrected chi connectivity index (χ3v) is 3.92. The molecule has 4 aromatic rings. The van der Waals surface area contributed by atoms with Gasteiger partial charge in [0.2, 0.25) is 0 Å². The topological polar surface area (TPSA) is 41.6 Å². The molecule has 3 heterocycles. The average Bonchev–Trinajstić information content (AvgIpc) is 2.92. The first kappa shape index (κ1) is 12.1. The predicted octanol–water partition coefficient (Wildman–Crippen LogP) is 4.34. The fraction of sp³-hybridized carbons (Fsp3) is 0.111. The molecule has 0 amide bonds. The highest BCUT2D eigenvalue weighted by atomic mass is 14.7. The molecule has 0 bridgehead atoms. The Morgan fingerprint density at radius 1 is 0.905 bits per heavy atom. The summed E-state index contributed by atoms with van der Waals surface area (Å²) < 4.78 is 0. The maximum Gasteiger partial charge on any atom is 0.0495 e. The van der Waals surface area contributed by atoms with Gasteiger partial charge < -0.3 is 4.98 Å². The summed E-state index contributed by atoms with van der Waals surface area (Å²) in [4.78, 5) is 12.1. The first-order valence-corrected chi connectivity index (χ1v) is 7.16. The zero-order valence-electron chi connectivity index (χ0n) is 11.8. The van der Waals surface area contributed by atoms with Gasteiger partial charge in [-0.15, -0.1) is 0 Å². The van der Waals surface area contributed by atoms with Crippen molar-refractivity contribution in [3.63, 3.8) is 0 Å². The van der Waals surface area contributed by atoms with E-state index in [1.165, 1.54) is 16.3 Å². The summed E-state index contributed by atoms with van der Waals surface area (Å²) in [6.45, 7) is 2.12. The number of aromatic amines is 1. The van der Waals surface area contributed by atoms with Crippen molar-refractivity contribution in [2.45, 2.75) is 13.3 Å². The summed E-state index contributed by atoms with van der Waals surface area (Å²) in [6.07, 6.45) is 6.63. The third kappa shape index (κ3) is 1.98. The summed E-state index contributed by atoms with van der Waals surface area (Å²) in [5.74, 6) is 0. The molecule has 0 spiro atoms. The molecule has 1 N–H and O–H groups in total. The first-order valence-electron chi connectivity index (χ1n) is 7.16. The standard InChI is InChI=1S/C18H15N3/c1-2-14-5-3-13(10-20-14)12-4-6-15-16-11-19-8-7-17(16)21-18(15)9-12/h3-11,21H,2H2,1H3. The smallest absolute Gasteiger partial charge is 0.0495 e. The van der Waals surface area contributed by atoms with E-state index < -0.39 is 0 Å². The number of fused-ring (bicyclic) bond motifs is 3. The summed E-state index contributed by atoms with van der Waals surface area (Å²) in [7, 11) is 0. The Labute approximate surface area is 122 Å². The molecule has 0 aliphatic carbocycles. The molecule has 0 atom stereocenters. The van der Waals surface area contributed by atoms with E-state index in [9.17, 15) is 0 Å². The van der Waals surface area contributed by atoms with Gasteiger partial charge in [0.25, 0.3) is 0 Å². The van der Waals surface area contributed by atoms with Crippen molar-refractivity contribution in [1.82, 2.24) is 15.0 Å². The van der Waals surface area contributed by atoms with Crippen molar-refractivity contribution in [2.24, 2.45) is 0 Å². The van der Waals surface area contributed by atoms with Crippen molar-refractivity contribution in [3.05, 3.63) is 60.7 Å². The van der Waals surface area contributed by atoms with Crippen molar-refractivity contribution in [1.29, 1.82) is 0 Å². The van der Waals surface area contributed by atoms with E-state index in [0.29, 0.717) is 0 Å². The van der Waals surface area contributed by atoms with Gasteiger partial charge in [-0.3, -0.25) is 9.97 Å². The van der Waals surface area contributed by atoms with Gasteiger partial charge in [0, 0.05) is 51.7 Å². The summed E-state index contributed by atoms with van der Waals surface area (Å²) in [5, 5.41) is 2.37. The molecule has 0 fully saturated rings. The maximum absolute atomic E-state index is 4.48. The Morgan fingerprint density at radius 3 is 2.62 bits per heavy atom. The minimum absolute atomic E-state index is 0.967. The summed E-state index contributed by atoms with van der Waals surface area (Å²) in [6, 6.07) is 12.7. The second-order valence-electron chi connectivity index (χ2n) is 5.20. The maximum atomic E-state index is 4.48.